The highest BCUT2D eigenvalue weighted by molar-refractivity contribution is 5.61. The fourth-order valence-corrected chi connectivity index (χ4v) is 3.36. The number of anilines is 2. The van der Waals surface area contributed by atoms with Crippen LogP contribution in [-0.4, -0.2) is 23.3 Å². The van der Waals surface area contributed by atoms with Crippen LogP contribution in [0.2, 0.25) is 0 Å². The fourth-order valence-electron chi connectivity index (χ4n) is 3.36. The minimum absolute atomic E-state index is 0.105. The molecule has 2 aliphatic rings. The Morgan fingerprint density at radius 3 is 2.47 bits per heavy atom. The van der Waals surface area contributed by atoms with Crippen LogP contribution >= 0.6 is 0 Å². The Balaban J connectivity index is 1.92. The van der Waals surface area contributed by atoms with Gasteiger partial charge in [-0.25, -0.2) is 0 Å². The molecule has 0 saturated carbocycles. The molecule has 17 heavy (non-hydrogen) atoms. The highest BCUT2D eigenvalue weighted by Gasteiger charge is 2.40. The second kappa shape index (κ2) is 3.91. The summed E-state index contributed by atoms with van der Waals surface area (Å²) in [6.45, 7) is 2.04. The molecule has 0 aliphatic carbocycles. The minimum Gasteiger partial charge on any atom is -0.398 e. The average molecular weight is 232 g/mol. The number of aryl methyl sites for hydroxylation is 1. The number of hydrogen-bond donors (Lipinski definition) is 2. The van der Waals surface area contributed by atoms with Crippen LogP contribution < -0.4 is 10.6 Å². The first kappa shape index (κ1) is 10.9. The molecule has 2 saturated heterocycles. The van der Waals surface area contributed by atoms with Crippen molar-refractivity contribution in [1.29, 1.82) is 0 Å². The van der Waals surface area contributed by atoms with E-state index in [0.29, 0.717) is 12.1 Å². The molecule has 92 valence electrons. The van der Waals surface area contributed by atoms with Crippen molar-refractivity contribution >= 4 is 11.4 Å². The van der Waals surface area contributed by atoms with E-state index in [9.17, 15) is 5.11 Å². The highest BCUT2D eigenvalue weighted by Crippen LogP contribution is 2.39. The van der Waals surface area contributed by atoms with Crippen LogP contribution in [0.15, 0.2) is 18.2 Å². The summed E-state index contributed by atoms with van der Waals surface area (Å²) in [6.07, 6.45) is 4.12. The average Bonchev–Trinajstić information content (AvgIpc) is 2.55. The van der Waals surface area contributed by atoms with E-state index in [0.717, 1.165) is 24.1 Å². The van der Waals surface area contributed by atoms with E-state index in [1.807, 2.05) is 6.92 Å². The van der Waals surface area contributed by atoms with E-state index >= 15 is 0 Å². The number of aliphatic hydroxyl groups is 1. The molecular formula is C14H20N2O. The summed E-state index contributed by atoms with van der Waals surface area (Å²) in [4.78, 5) is 2.47. The molecule has 3 heteroatoms. The molecule has 2 heterocycles. The zero-order valence-corrected chi connectivity index (χ0v) is 10.3. The lowest BCUT2D eigenvalue weighted by atomic mass is 9.98. The van der Waals surface area contributed by atoms with Crippen LogP contribution in [0.25, 0.3) is 0 Å². The van der Waals surface area contributed by atoms with Crippen LogP contribution in [0.1, 0.15) is 31.2 Å². The van der Waals surface area contributed by atoms with Gasteiger partial charge in [0.15, 0.2) is 0 Å². The fraction of sp³-hybridized carbons (Fsp3) is 0.571. The zero-order chi connectivity index (χ0) is 12.0. The number of nitrogens with two attached hydrogens (primary N) is 1. The molecular weight excluding hydrogens is 212 g/mol. The number of benzene rings is 1. The maximum Gasteiger partial charge on any atom is 0.0579 e. The Labute approximate surface area is 102 Å². The largest absolute Gasteiger partial charge is 0.398 e. The number of hydrogen-bond acceptors (Lipinski definition) is 3. The molecule has 3 nitrogen and oxygen atoms in total. The molecule has 1 aromatic carbocycles. The minimum atomic E-state index is -0.105. The Morgan fingerprint density at radius 1 is 1.24 bits per heavy atom. The molecule has 2 bridgehead atoms. The SMILES string of the molecule is Cc1ccc(N2C3CCC2CC(O)C3)cc1N. The Hall–Kier alpha value is -1.22. The smallest absolute Gasteiger partial charge is 0.0579 e. The van der Waals surface area contributed by atoms with Gasteiger partial charge in [-0.3, -0.25) is 0 Å². The van der Waals surface area contributed by atoms with Gasteiger partial charge in [0.25, 0.3) is 0 Å². The van der Waals surface area contributed by atoms with E-state index < -0.39 is 0 Å². The standard InChI is InChI=1S/C14H20N2O/c1-9-2-3-12(8-14(9)15)16-10-4-5-11(16)7-13(17)6-10/h2-3,8,10-11,13,17H,4-7,15H2,1H3. The van der Waals surface area contributed by atoms with Crippen molar-refractivity contribution in [2.24, 2.45) is 0 Å². The summed E-state index contributed by atoms with van der Waals surface area (Å²) in [5.41, 5.74) is 9.22. The lowest BCUT2D eigenvalue weighted by molar-refractivity contribution is 0.126. The highest BCUT2D eigenvalue weighted by atomic mass is 16.3. The topological polar surface area (TPSA) is 49.5 Å². The molecule has 3 rings (SSSR count). The molecule has 0 spiro atoms. The van der Waals surface area contributed by atoms with Crippen molar-refractivity contribution in [3.05, 3.63) is 23.8 Å². The maximum absolute atomic E-state index is 9.80. The second-order valence-electron chi connectivity index (χ2n) is 5.46. The van der Waals surface area contributed by atoms with Gasteiger partial charge in [-0.1, -0.05) is 6.07 Å². The molecule has 2 unspecified atom stereocenters. The van der Waals surface area contributed by atoms with Crippen molar-refractivity contribution in [1.82, 2.24) is 0 Å². The number of fused-ring (bicyclic) bond motifs is 2. The van der Waals surface area contributed by atoms with Gasteiger partial charge in [0.2, 0.25) is 0 Å². The molecule has 3 N–H and O–H groups in total. The molecule has 1 aromatic rings. The molecule has 0 amide bonds. The third-order valence-electron chi connectivity index (χ3n) is 4.27. The number of piperidine rings is 1. The van der Waals surface area contributed by atoms with Crippen molar-refractivity contribution in [3.63, 3.8) is 0 Å². The van der Waals surface area contributed by atoms with Crippen LogP contribution in [0.5, 0.6) is 0 Å². The normalized spacial score (nSPS) is 31.9. The van der Waals surface area contributed by atoms with Gasteiger partial charge < -0.3 is 15.7 Å². The van der Waals surface area contributed by atoms with Gasteiger partial charge in [0, 0.05) is 23.5 Å². The van der Waals surface area contributed by atoms with Gasteiger partial charge in [0.05, 0.1) is 6.10 Å². The van der Waals surface area contributed by atoms with Gasteiger partial charge in [-0.05, 0) is 50.3 Å². The lowest BCUT2D eigenvalue weighted by Gasteiger charge is -2.39. The summed E-state index contributed by atoms with van der Waals surface area (Å²) in [5, 5.41) is 9.80. The van der Waals surface area contributed by atoms with Crippen LogP contribution in [0, 0.1) is 6.92 Å². The zero-order valence-electron chi connectivity index (χ0n) is 10.3. The first-order valence-corrected chi connectivity index (χ1v) is 6.47. The van der Waals surface area contributed by atoms with Gasteiger partial charge in [-0.2, -0.15) is 0 Å². The van der Waals surface area contributed by atoms with Gasteiger partial charge >= 0.3 is 0 Å². The van der Waals surface area contributed by atoms with Gasteiger partial charge in [-0.15, -0.1) is 0 Å². The monoisotopic (exact) mass is 232 g/mol. The van der Waals surface area contributed by atoms with Crippen LogP contribution in [-0.2, 0) is 0 Å². The number of rotatable bonds is 1. The van der Waals surface area contributed by atoms with Crippen LogP contribution in [0.4, 0.5) is 11.4 Å². The van der Waals surface area contributed by atoms with E-state index in [-0.39, 0.29) is 6.10 Å². The summed E-state index contributed by atoms with van der Waals surface area (Å²) in [7, 11) is 0. The summed E-state index contributed by atoms with van der Waals surface area (Å²) in [5.74, 6) is 0. The first-order valence-electron chi connectivity index (χ1n) is 6.47. The maximum atomic E-state index is 9.80. The van der Waals surface area contributed by atoms with Gasteiger partial charge in [0.1, 0.15) is 0 Å². The van der Waals surface area contributed by atoms with E-state index in [2.05, 4.69) is 23.1 Å². The summed E-state index contributed by atoms with van der Waals surface area (Å²) < 4.78 is 0. The molecule has 0 aromatic heterocycles. The molecule has 2 fully saturated rings. The van der Waals surface area contributed by atoms with Crippen molar-refractivity contribution in [2.45, 2.75) is 50.8 Å². The predicted octanol–water partition coefficient (Wildman–Crippen LogP) is 2.07. The molecule has 2 atom stereocenters. The molecule has 2 aliphatic heterocycles. The first-order chi connectivity index (χ1) is 8.15. The predicted molar refractivity (Wildman–Crippen MR) is 70.1 cm³/mol. The quantitative estimate of drug-likeness (QED) is 0.729. The number of nitrogen functional groups attached to an aromatic ring is 1. The van der Waals surface area contributed by atoms with E-state index in [1.165, 1.54) is 18.5 Å². The van der Waals surface area contributed by atoms with Crippen LogP contribution in [0.3, 0.4) is 0 Å². The van der Waals surface area contributed by atoms with Crippen molar-refractivity contribution < 1.29 is 5.11 Å². The second-order valence-corrected chi connectivity index (χ2v) is 5.46. The lowest BCUT2D eigenvalue weighted by Crippen LogP contribution is -2.44. The van der Waals surface area contributed by atoms with Crippen molar-refractivity contribution in [2.75, 3.05) is 10.6 Å². The Bertz CT molecular complexity index is 418. The molecule has 0 radical (unpaired) electrons. The third-order valence-corrected chi connectivity index (χ3v) is 4.27. The van der Waals surface area contributed by atoms with E-state index in [1.54, 1.807) is 0 Å². The Kier molecular flexibility index (Phi) is 2.51. The number of aliphatic hydroxyl groups excluding tert-OH is 1. The Morgan fingerprint density at radius 2 is 1.88 bits per heavy atom. The number of nitrogens with zero attached hydrogens (tertiary/aromatic N) is 1. The van der Waals surface area contributed by atoms with Crippen molar-refractivity contribution in [3.8, 4) is 0 Å². The van der Waals surface area contributed by atoms with E-state index in [4.69, 9.17) is 5.73 Å². The third kappa shape index (κ3) is 1.78. The summed E-state index contributed by atoms with van der Waals surface area (Å²) in [6, 6.07) is 7.35. The summed E-state index contributed by atoms with van der Waals surface area (Å²) >= 11 is 0.